The van der Waals surface area contributed by atoms with Crippen molar-refractivity contribution in [3.8, 4) is 11.5 Å². The van der Waals surface area contributed by atoms with E-state index in [4.69, 9.17) is 9.47 Å². The van der Waals surface area contributed by atoms with Crippen molar-refractivity contribution in [1.82, 2.24) is 9.62 Å². The summed E-state index contributed by atoms with van der Waals surface area (Å²) in [6.45, 7) is 2.46. The highest BCUT2D eigenvalue weighted by molar-refractivity contribution is 7.89. The first-order valence-corrected chi connectivity index (χ1v) is 11.4. The molecular formula is C21H22F2N2O5S. The van der Waals surface area contributed by atoms with Crippen molar-refractivity contribution >= 4 is 15.9 Å². The second-order valence-electron chi connectivity index (χ2n) is 7.48. The Balaban J connectivity index is 1.53. The summed E-state index contributed by atoms with van der Waals surface area (Å²) >= 11 is 0. The molecule has 4 rings (SSSR count). The summed E-state index contributed by atoms with van der Waals surface area (Å²) in [4.78, 5) is 12.9. The molecule has 0 radical (unpaired) electrons. The molecule has 0 aliphatic carbocycles. The highest BCUT2D eigenvalue weighted by Crippen LogP contribution is 2.35. The molecular weight excluding hydrogens is 430 g/mol. The van der Waals surface area contributed by atoms with E-state index >= 15 is 0 Å². The molecule has 0 bridgehead atoms. The third-order valence-corrected chi connectivity index (χ3v) is 7.32. The number of carbonyl (C=O) groups excluding carboxylic acids is 1. The van der Waals surface area contributed by atoms with Crippen molar-refractivity contribution in [3.63, 3.8) is 0 Å². The Hall–Kier alpha value is -2.72. The normalized spacial score (nSPS) is 19.8. The monoisotopic (exact) mass is 452 g/mol. The van der Waals surface area contributed by atoms with Gasteiger partial charge in [0.05, 0.1) is 10.9 Å². The molecule has 0 aromatic heterocycles. The Kier molecular flexibility index (Phi) is 5.85. The van der Waals surface area contributed by atoms with Crippen molar-refractivity contribution in [2.75, 3.05) is 19.8 Å². The van der Waals surface area contributed by atoms with Gasteiger partial charge in [-0.25, -0.2) is 17.2 Å². The molecule has 2 aliphatic heterocycles. The minimum absolute atomic E-state index is 0.00841. The fraction of sp³-hybridized carbons (Fsp3) is 0.381. The quantitative estimate of drug-likeness (QED) is 0.754. The lowest BCUT2D eigenvalue weighted by Crippen LogP contribution is -2.46. The Morgan fingerprint density at radius 3 is 2.61 bits per heavy atom. The van der Waals surface area contributed by atoms with Crippen molar-refractivity contribution in [2.24, 2.45) is 0 Å². The topological polar surface area (TPSA) is 84.9 Å². The number of hydrogen-bond acceptors (Lipinski definition) is 5. The smallest absolute Gasteiger partial charge is 0.243 e. The number of ether oxygens (including phenoxy) is 2. The van der Waals surface area contributed by atoms with Crippen molar-refractivity contribution in [3.05, 3.63) is 53.6 Å². The van der Waals surface area contributed by atoms with Gasteiger partial charge in [-0.1, -0.05) is 6.07 Å². The number of rotatable bonds is 5. The first-order chi connectivity index (χ1) is 14.8. The Morgan fingerprint density at radius 2 is 1.87 bits per heavy atom. The number of amides is 1. The van der Waals surface area contributed by atoms with Gasteiger partial charge < -0.3 is 14.8 Å². The van der Waals surface area contributed by atoms with Gasteiger partial charge in [0.1, 0.15) is 30.9 Å². The van der Waals surface area contributed by atoms with Crippen LogP contribution in [0, 0.1) is 11.6 Å². The van der Waals surface area contributed by atoms with Crippen molar-refractivity contribution < 1.29 is 31.5 Å². The van der Waals surface area contributed by atoms with Crippen molar-refractivity contribution in [2.45, 2.75) is 36.7 Å². The van der Waals surface area contributed by atoms with Crippen LogP contribution in [0.2, 0.25) is 0 Å². The predicted octanol–water partition coefficient (Wildman–Crippen LogP) is 2.77. The third-order valence-electron chi connectivity index (χ3n) is 5.41. The first-order valence-electron chi connectivity index (χ1n) is 9.94. The molecule has 1 amide bonds. The van der Waals surface area contributed by atoms with Gasteiger partial charge in [0.15, 0.2) is 11.5 Å². The Labute approximate surface area is 179 Å². The van der Waals surface area contributed by atoms with E-state index in [9.17, 15) is 22.0 Å². The SMILES string of the molecule is CC(NC(=O)C1CCCN1S(=O)(=O)c1ccc2c(c1)OCCO2)c1ccc(F)cc1F. The Morgan fingerprint density at radius 1 is 1.13 bits per heavy atom. The minimum atomic E-state index is -3.97. The molecule has 166 valence electrons. The molecule has 2 unspecified atom stereocenters. The number of halogens is 2. The fourth-order valence-corrected chi connectivity index (χ4v) is 5.52. The van der Waals surface area contributed by atoms with Crippen LogP contribution in [0.25, 0.3) is 0 Å². The third kappa shape index (κ3) is 4.22. The number of benzene rings is 2. The molecule has 2 aromatic carbocycles. The number of nitrogens with one attached hydrogen (secondary N) is 1. The maximum Gasteiger partial charge on any atom is 0.243 e. The molecule has 2 heterocycles. The molecule has 31 heavy (non-hydrogen) atoms. The molecule has 0 spiro atoms. The van der Waals surface area contributed by atoms with Crippen LogP contribution in [0.3, 0.4) is 0 Å². The fourth-order valence-electron chi connectivity index (χ4n) is 3.85. The Bertz CT molecular complexity index is 1110. The lowest BCUT2D eigenvalue weighted by atomic mass is 10.1. The molecule has 2 aliphatic rings. The van der Waals surface area contributed by atoms with Gasteiger partial charge in [-0.3, -0.25) is 4.79 Å². The molecule has 10 heteroatoms. The van der Waals surface area contributed by atoms with Gasteiger partial charge in [-0.2, -0.15) is 4.31 Å². The molecule has 1 fully saturated rings. The standard InChI is InChI=1S/C21H22F2N2O5S/c1-13(16-6-4-14(22)11-17(16)23)24-21(26)18-3-2-8-25(18)31(27,28)15-5-7-19-20(12-15)30-10-9-29-19/h4-7,11-13,18H,2-3,8-10H2,1H3,(H,24,26). The summed E-state index contributed by atoms with van der Waals surface area (Å²) in [5.41, 5.74) is 0.119. The van der Waals surface area contributed by atoms with Crippen LogP contribution in [0.4, 0.5) is 8.78 Å². The van der Waals surface area contributed by atoms with Gasteiger partial charge in [0, 0.05) is 24.2 Å². The average Bonchev–Trinajstić information content (AvgIpc) is 3.24. The van der Waals surface area contributed by atoms with Crippen LogP contribution in [0.5, 0.6) is 11.5 Å². The average molecular weight is 452 g/mol. The second-order valence-corrected chi connectivity index (χ2v) is 9.37. The van der Waals surface area contributed by atoms with Gasteiger partial charge in [-0.15, -0.1) is 0 Å². The molecule has 1 N–H and O–H groups in total. The molecule has 2 aromatic rings. The van der Waals surface area contributed by atoms with Crippen LogP contribution < -0.4 is 14.8 Å². The van der Waals surface area contributed by atoms with E-state index in [1.165, 1.54) is 24.3 Å². The summed E-state index contributed by atoms with van der Waals surface area (Å²) in [5.74, 6) is -1.22. The van der Waals surface area contributed by atoms with Crippen LogP contribution in [-0.2, 0) is 14.8 Å². The number of carbonyl (C=O) groups is 1. The summed E-state index contributed by atoms with van der Waals surface area (Å²) in [6, 6.07) is 5.78. The maximum atomic E-state index is 14.0. The molecule has 1 saturated heterocycles. The van der Waals surface area contributed by atoms with Crippen LogP contribution in [0.15, 0.2) is 41.3 Å². The van der Waals surface area contributed by atoms with E-state index in [0.717, 1.165) is 16.4 Å². The summed E-state index contributed by atoms with van der Waals surface area (Å²) in [7, 11) is -3.97. The zero-order valence-electron chi connectivity index (χ0n) is 16.8. The number of nitrogens with zero attached hydrogens (tertiary/aromatic N) is 1. The van der Waals surface area contributed by atoms with Gasteiger partial charge in [-0.05, 0) is 38.0 Å². The van der Waals surface area contributed by atoms with E-state index in [0.29, 0.717) is 37.6 Å². The summed E-state index contributed by atoms with van der Waals surface area (Å²) in [5, 5.41) is 2.65. The van der Waals surface area contributed by atoms with Crippen LogP contribution >= 0.6 is 0 Å². The highest BCUT2D eigenvalue weighted by atomic mass is 32.2. The number of hydrogen-bond donors (Lipinski definition) is 1. The zero-order chi connectivity index (χ0) is 22.2. The maximum absolute atomic E-state index is 14.0. The zero-order valence-corrected chi connectivity index (χ0v) is 17.6. The van der Waals surface area contributed by atoms with E-state index < -0.39 is 39.6 Å². The minimum Gasteiger partial charge on any atom is -0.486 e. The lowest BCUT2D eigenvalue weighted by molar-refractivity contribution is -0.124. The van der Waals surface area contributed by atoms with Crippen LogP contribution in [0.1, 0.15) is 31.4 Å². The summed E-state index contributed by atoms with van der Waals surface area (Å²) < 4.78 is 65.7. The predicted molar refractivity (Wildman–Crippen MR) is 107 cm³/mol. The van der Waals surface area contributed by atoms with Gasteiger partial charge >= 0.3 is 0 Å². The molecule has 7 nitrogen and oxygen atoms in total. The molecule has 0 saturated carbocycles. The van der Waals surface area contributed by atoms with Crippen LogP contribution in [-0.4, -0.2) is 44.4 Å². The highest BCUT2D eigenvalue weighted by Gasteiger charge is 2.40. The largest absolute Gasteiger partial charge is 0.486 e. The van der Waals surface area contributed by atoms with E-state index in [1.807, 2.05) is 0 Å². The lowest BCUT2D eigenvalue weighted by Gasteiger charge is -2.26. The van der Waals surface area contributed by atoms with Gasteiger partial charge in [0.2, 0.25) is 15.9 Å². The van der Waals surface area contributed by atoms with E-state index in [1.54, 1.807) is 6.92 Å². The first kappa shape index (κ1) is 21.5. The van der Waals surface area contributed by atoms with Gasteiger partial charge in [0.25, 0.3) is 0 Å². The summed E-state index contributed by atoms with van der Waals surface area (Å²) in [6.07, 6.45) is 0.857. The van der Waals surface area contributed by atoms with Crippen molar-refractivity contribution in [1.29, 1.82) is 0 Å². The second kappa shape index (κ2) is 8.43. The van der Waals surface area contributed by atoms with E-state index in [-0.39, 0.29) is 17.0 Å². The molecule has 2 atom stereocenters. The van der Waals surface area contributed by atoms with E-state index in [2.05, 4.69) is 5.32 Å². The number of fused-ring (bicyclic) bond motifs is 1. The number of sulfonamides is 1.